The van der Waals surface area contributed by atoms with E-state index < -0.39 is 6.10 Å². The highest BCUT2D eigenvalue weighted by atomic mass is 32.2. The maximum Gasteiger partial charge on any atom is 0.237 e. The number of thioether (sulfide) groups is 1. The Kier molecular flexibility index (Phi) is 7.80. The van der Waals surface area contributed by atoms with Crippen molar-refractivity contribution in [3.05, 3.63) is 0 Å². The minimum absolute atomic E-state index is 0.0388. The lowest BCUT2D eigenvalue weighted by atomic mass is 9.96. The van der Waals surface area contributed by atoms with E-state index in [2.05, 4.69) is 24.1 Å². The number of aliphatic hydroxyl groups is 1. The van der Waals surface area contributed by atoms with Gasteiger partial charge in [-0.05, 0) is 12.8 Å². The van der Waals surface area contributed by atoms with Gasteiger partial charge >= 0.3 is 0 Å². The predicted octanol–water partition coefficient (Wildman–Crippen LogP) is 1.34. The molecule has 1 saturated heterocycles. The number of aliphatic hydroxyl groups excluding tert-OH is 1. The van der Waals surface area contributed by atoms with Crippen LogP contribution in [0.1, 0.15) is 33.6 Å². The quantitative estimate of drug-likeness (QED) is 0.742. The fraction of sp³-hybridized carbons (Fsp3) is 0.929. The predicted molar refractivity (Wildman–Crippen MR) is 81.4 cm³/mol. The number of nitrogens with one attached hydrogen (secondary N) is 1. The van der Waals surface area contributed by atoms with Gasteiger partial charge in [0.2, 0.25) is 5.91 Å². The van der Waals surface area contributed by atoms with Crippen LogP contribution in [-0.4, -0.2) is 59.2 Å². The molecular formula is C14H28N2O2S. The van der Waals surface area contributed by atoms with Crippen LogP contribution in [0.4, 0.5) is 0 Å². The largest absolute Gasteiger partial charge is 0.391 e. The highest BCUT2D eigenvalue weighted by Gasteiger charge is 2.24. The van der Waals surface area contributed by atoms with Gasteiger partial charge in [0.1, 0.15) is 0 Å². The van der Waals surface area contributed by atoms with Crippen molar-refractivity contribution in [3.8, 4) is 0 Å². The summed E-state index contributed by atoms with van der Waals surface area (Å²) in [5.41, 5.74) is 0. The van der Waals surface area contributed by atoms with E-state index >= 15 is 0 Å². The molecule has 112 valence electrons. The smallest absolute Gasteiger partial charge is 0.237 e. The number of hydrogen-bond donors (Lipinski definition) is 2. The molecular weight excluding hydrogens is 260 g/mol. The topological polar surface area (TPSA) is 52.6 Å². The summed E-state index contributed by atoms with van der Waals surface area (Å²) in [6.45, 7) is 8.44. The van der Waals surface area contributed by atoms with E-state index in [0.717, 1.165) is 37.4 Å². The number of hydrogen-bond acceptors (Lipinski definition) is 4. The molecule has 1 aliphatic heterocycles. The van der Waals surface area contributed by atoms with Gasteiger partial charge in [-0.3, -0.25) is 9.69 Å². The molecule has 1 fully saturated rings. The Labute approximate surface area is 121 Å². The summed E-state index contributed by atoms with van der Waals surface area (Å²) in [5.74, 6) is 2.53. The molecule has 2 atom stereocenters. The van der Waals surface area contributed by atoms with Crippen molar-refractivity contribution < 1.29 is 9.90 Å². The summed E-state index contributed by atoms with van der Waals surface area (Å²) in [7, 11) is 0. The Hall–Kier alpha value is -0.260. The van der Waals surface area contributed by atoms with Gasteiger partial charge in [-0.1, -0.05) is 26.7 Å². The second-order valence-electron chi connectivity index (χ2n) is 5.21. The zero-order valence-electron chi connectivity index (χ0n) is 12.4. The maximum absolute atomic E-state index is 12.1. The first-order valence-electron chi connectivity index (χ1n) is 7.37. The number of nitrogens with zero attached hydrogens (tertiary/aromatic N) is 1. The van der Waals surface area contributed by atoms with Crippen LogP contribution in [0.25, 0.3) is 0 Å². The molecule has 0 bridgehead atoms. The van der Waals surface area contributed by atoms with Crippen LogP contribution in [0, 0.1) is 5.92 Å². The zero-order valence-corrected chi connectivity index (χ0v) is 13.2. The average Bonchev–Trinajstić information content (AvgIpc) is 2.46. The molecule has 1 aliphatic rings. The van der Waals surface area contributed by atoms with Gasteiger partial charge in [-0.25, -0.2) is 0 Å². The minimum atomic E-state index is -0.428. The number of amides is 1. The van der Waals surface area contributed by atoms with Crippen molar-refractivity contribution in [2.75, 3.05) is 31.1 Å². The second-order valence-corrected chi connectivity index (χ2v) is 6.44. The van der Waals surface area contributed by atoms with Gasteiger partial charge in [0.05, 0.1) is 12.1 Å². The van der Waals surface area contributed by atoms with Gasteiger partial charge in [0.25, 0.3) is 0 Å². The van der Waals surface area contributed by atoms with E-state index in [-0.39, 0.29) is 17.9 Å². The Morgan fingerprint density at radius 3 is 2.42 bits per heavy atom. The third kappa shape index (κ3) is 5.32. The van der Waals surface area contributed by atoms with Gasteiger partial charge in [0, 0.05) is 31.1 Å². The fourth-order valence-corrected chi connectivity index (χ4v) is 3.41. The van der Waals surface area contributed by atoms with E-state index in [1.807, 2.05) is 18.7 Å². The summed E-state index contributed by atoms with van der Waals surface area (Å²) in [5, 5.41) is 12.9. The molecule has 1 heterocycles. The Balaban J connectivity index is 2.33. The fourth-order valence-electron chi connectivity index (χ4n) is 2.48. The van der Waals surface area contributed by atoms with Crippen molar-refractivity contribution in [3.63, 3.8) is 0 Å². The SMILES string of the molecule is CCC(CC)C(O)CNC(=O)C(C)N1CCSCC1. The summed E-state index contributed by atoms with van der Waals surface area (Å²) in [6, 6.07) is -0.0881. The van der Waals surface area contributed by atoms with Crippen molar-refractivity contribution in [2.45, 2.75) is 45.8 Å². The van der Waals surface area contributed by atoms with E-state index in [4.69, 9.17) is 0 Å². The lowest BCUT2D eigenvalue weighted by Gasteiger charge is -2.31. The third-order valence-corrected chi connectivity index (χ3v) is 4.99. The highest BCUT2D eigenvalue weighted by Crippen LogP contribution is 2.14. The molecule has 5 heteroatoms. The van der Waals surface area contributed by atoms with Crippen molar-refractivity contribution in [1.82, 2.24) is 10.2 Å². The van der Waals surface area contributed by atoms with E-state index in [0.29, 0.717) is 6.54 Å². The van der Waals surface area contributed by atoms with Gasteiger partial charge < -0.3 is 10.4 Å². The highest BCUT2D eigenvalue weighted by molar-refractivity contribution is 7.99. The average molecular weight is 288 g/mol. The van der Waals surface area contributed by atoms with Crippen molar-refractivity contribution >= 4 is 17.7 Å². The van der Waals surface area contributed by atoms with E-state index in [1.54, 1.807) is 0 Å². The summed E-state index contributed by atoms with van der Waals surface area (Å²) in [4.78, 5) is 14.3. The number of carbonyl (C=O) groups excluding carboxylic acids is 1. The first-order chi connectivity index (χ1) is 9.10. The van der Waals surface area contributed by atoms with Gasteiger partial charge in [0.15, 0.2) is 0 Å². The number of rotatable bonds is 7. The third-order valence-electron chi connectivity index (χ3n) is 4.05. The number of carbonyl (C=O) groups is 1. The lowest BCUT2D eigenvalue weighted by molar-refractivity contribution is -0.126. The molecule has 0 aliphatic carbocycles. The van der Waals surface area contributed by atoms with Crippen LogP contribution in [0.15, 0.2) is 0 Å². The van der Waals surface area contributed by atoms with E-state index in [9.17, 15) is 9.90 Å². The molecule has 0 aromatic rings. The summed E-state index contributed by atoms with van der Waals surface area (Å²) >= 11 is 1.94. The molecule has 2 unspecified atom stereocenters. The molecule has 19 heavy (non-hydrogen) atoms. The van der Waals surface area contributed by atoms with Crippen molar-refractivity contribution in [1.29, 1.82) is 0 Å². The molecule has 0 aromatic carbocycles. The molecule has 1 rings (SSSR count). The summed E-state index contributed by atoms with van der Waals surface area (Å²) in [6.07, 6.45) is 1.47. The van der Waals surface area contributed by atoms with Crippen LogP contribution in [0.2, 0.25) is 0 Å². The van der Waals surface area contributed by atoms with Crippen LogP contribution in [0.5, 0.6) is 0 Å². The Bertz CT molecular complexity index is 266. The monoisotopic (exact) mass is 288 g/mol. The second kappa shape index (κ2) is 8.82. The summed E-state index contributed by atoms with van der Waals surface area (Å²) < 4.78 is 0. The van der Waals surface area contributed by atoms with Gasteiger partial charge in [-0.2, -0.15) is 11.8 Å². The minimum Gasteiger partial charge on any atom is -0.391 e. The van der Waals surface area contributed by atoms with Gasteiger partial charge in [-0.15, -0.1) is 0 Å². The van der Waals surface area contributed by atoms with Crippen LogP contribution < -0.4 is 5.32 Å². The Morgan fingerprint density at radius 2 is 1.89 bits per heavy atom. The normalized spacial score (nSPS) is 20.3. The molecule has 0 spiro atoms. The first kappa shape index (κ1) is 16.8. The molecule has 1 amide bonds. The molecule has 2 N–H and O–H groups in total. The zero-order chi connectivity index (χ0) is 14.3. The Morgan fingerprint density at radius 1 is 1.32 bits per heavy atom. The standard InChI is InChI=1S/C14H28N2O2S/c1-4-12(5-2)13(17)10-15-14(18)11(3)16-6-8-19-9-7-16/h11-13,17H,4-10H2,1-3H3,(H,15,18). The van der Waals surface area contributed by atoms with Crippen LogP contribution in [0.3, 0.4) is 0 Å². The van der Waals surface area contributed by atoms with Crippen molar-refractivity contribution in [2.24, 2.45) is 5.92 Å². The molecule has 0 saturated carbocycles. The maximum atomic E-state index is 12.1. The van der Waals surface area contributed by atoms with Crippen LogP contribution >= 0.6 is 11.8 Å². The molecule has 0 aromatic heterocycles. The molecule has 0 radical (unpaired) electrons. The lowest BCUT2D eigenvalue weighted by Crippen LogP contribution is -2.50. The van der Waals surface area contributed by atoms with Crippen LogP contribution in [-0.2, 0) is 4.79 Å². The van der Waals surface area contributed by atoms with E-state index in [1.165, 1.54) is 0 Å². The molecule has 4 nitrogen and oxygen atoms in total. The first-order valence-corrected chi connectivity index (χ1v) is 8.53.